The maximum absolute atomic E-state index is 11.9. The number of nitrogens with zero attached hydrogens (tertiary/aromatic N) is 3. The summed E-state index contributed by atoms with van der Waals surface area (Å²) in [7, 11) is 3.35. The number of carbonyl (C=O) groups is 1. The van der Waals surface area contributed by atoms with Crippen LogP contribution in [0.3, 0.4) is 0 Å². The van der Waals surface area contributed by atoms with Crippen molar-refractivity contribution >= 4 is 17.6 Å². The highest BCUT2D eigenvalue weighted by Crippen LogP contribution is 2.33. The molecular formula is C20H24ClN3O3. The average Bonchev–Trinajstić information content (AvgIpc) is 3.04. The summed E-state index contributed by atoms with van der Waals surface area (Å²) in [6.07, 6.45) is 2.30. The Morgan fingerprint density at radius 1 is 1.30 bits per heavy atom. The number of methoxy groups -OCH3 is 1. The van der Waals surface area contributed by atoms with Crippen molar-refractivity contribution < 1.29 is 14.3 Å². The summed E-state index contributed by atoms with van der Waals surface area (Å²) in [5.74, 6) is 0.602. The highest BCUT2D eigenvalue weighted by Gasteiger charge is 2.36. The molecule has 7 heteroatoms. The lowest BCUT2D eigenvalue weighted by Gasteiger charge is -2.15. The van der Waals surface area contributed by atoms with Crippen molar-refractivity contribution in [1.29, 1.82) is 0 Å². The molecule has 0 radical (unpaired) electrons. The molecule has 2 aromatic rings. The number of aromatic nitrogens is 2. The molecule has 2 unspecified atom stereocenters. The molecule has 3 rings (SSSR count). The third-order valence-corrected chi connectivity index (χ3v) is 5.01. The van der Waals surface area contributed by atoms with Crippen LogP contribution < -0.4 is 4.74 Å². The zero-order valence-corrected chi connectivity index (χ0v) is 16.7. The first-order valence-corrected chi connectivity index (χ1v) is 9.33. The summed E-state index contributed by atoms with van der Waals surface area (Å²) in [6.45, 7) is 4.67. The van der Waals surface area contributed by atoms with Gasteiger partial charge in [-0.15, -0.1) is 0 Å². The molecule has 6 nitrogen and oxygen atoms in total. The van der Waals surface area contributed by atoms with Crippen LogP contribution in [0.2, 0.25) is 5.02 Å². The minimum Gasteiger partial charge on any atom is -0.489 e. The van der Waals surface area contributed by atoms with Crippen LogP contribution in [-0.4, -0.2) is 53.7 Å². The van der Waals surface area contributed by atoms with Crippen molar-refractivity contribution in [3.63, 3.8) is 0 Å². The van der Waals surface area contributed by atoms with E-state index in [0.29, 0.717) is 17.2 Å². The molecule has 2 heterocycles. The molecule has 0 aliphatic carbocycles. The van der Waals surface area contributed by atoms with E-state index in [1.807, 2.05) is 50.1 Å². The maximum Gasteiger partial charge on any atom is 0.323 e. The smallest absolute Gasteiger partial charge is 0.323 e. The van der Waals surface area contributed by atoms with Crippen LogP contribution in [-0.2, 0) is 9.53 Å². The van der Waals surface area contributed by atoms with Crippen molar-refractivity contribution in [2.45, 2.75) is 38.3 Å². The van der Waals surface area contributed by atoms with Gasteiger partial charge in [0.05, 0.1) is 23.9 Å². The Bertz CT molecular complexity index is 828. The molecule has 0 saturated carbocycles. The van der Waals surface area contributed by atoms with Crippen LogP contribution in [0, 0.1) is 0 Å². The van der Waals surface area contributed by atoms with Gasteiger partial charge in [0.1, 0.15) is 18.1 Å². The lowest BCUT2D eigenvalue weighted by molar-refractivity contribution is -0.145. The number of ether oxygens (including phenoxy) is 2. The Hall–Kier alpha value is -2.18. The van der Waals surface area contributed by atoms with Gasteiger partial charge in [-0.25, -0.2) is 9.97 Å². The maximum atomic E-state index is 11.9. The van der Waals surface area contributed by atoms with E-state index in [4.69, 9.17) is 21.1 Å². The molecule has 1 aromatic carbocycles. The van der Waals surface area contributed by atoms with Crippen LogP contribution in [0.5, 0.6) is 5.75 Å². The normalized spacial score (nSPS) is 20.1. The second kappa shape index (κ2) is 8.23. The van der Waals surface area contributed by atoms with Crippen LogP contribution >= 0.6 is 11.6 Å². The third kappa shape index (κ3) is 4.39. The van der Waals surface area contributed by atoms with Gasteiger partial charge in [0.25, 0.3) is 0 Å². The fourth-order valence-electron chi connectivity index (χ4n) is 3.39. The van der Waals surface area contributed by atoms with E-state index < -0.39 is 0 Å². The second-order valence-electron chi connectivity index (χ2n) is 7.05. The van der Waals surface area contributed by atoms with Gasteiger partial charge >= 0.3 is 5.97 Å². The Morgan fingerprint density at radius 2 is 2.07 bits per heavy atom. The predicted octanol–water partition coefficient (Wildman–Crippen LogP) is 3.54. The molecule has 144 valence electrons. The number of carbonyl (C=O) groups excluding carboxylic acids is 1. The first-order valence-electron chi connectivity index (χ1n) is 8.95. The predicted molar refractivity (Wildman–Crippen MR) is 104 cm³/mol. The Labute approximate surface area is 164 Å². The van der Waals surface area contributed by atoms with Gasteiger partial charge in [-0.05, 0) is 51.6 Å². The monoisotopic (exact) mass is 389 g/mol. The van der Waals surface area contributed by atoms with Crippen molar-refractivity contribution in [2.24, 2.45) is 0 Å². The van der Waals surface area contributed by atoms with E-state index in [9.17, 15) is 4.79 Å². The van der Waals surface area contributed by atoms with Gasteiger partial charge in [0.2, 0.25) is 0 Å². The topological polar surface area (TPSA) is 64.5 Å². The largest absolute Gasteiger partial charge is 0.489 e. The van der Waals surface area contributed by atoms with Crippen molar-refractivity contribution in [3.8, 4) is 17.0 Å². The van der Waals surface area contributed by atoms with Gasteiger partial charge in [0.15, 0.2) is 0 Å². The molecule has 1 saturated heterocycles. The number of hydrogen-bond acceptors (Lipinski definition) is 6. The number of halogens is 1. The van der Waals surface area contributed by atoms with E-state index >= 15 is 0 Å². The zero-order valence-electron chi connectivity index (χ0n) is 16.0. The number of benzene rings is 1. The summed E-state index contributed by atoms with van der Waals surface area (Å²) in [6, 6.07) is 7.38. The molecule has 1 aromatic heterocycles. The number of likely N-dealkylation sites (tertiary alicyclic amines) is 1. The average molecular weight is 390 g/mol. The van der Waals surface area contributed by atoms with Crippen LogP contribution in [0.25, 0.3) is 11.3 Å². The van der Waals surface area contributed by atoms with Gasteiger partial charge in [-0.2, -0.15) is 0 Å². The van der Waals surface area contributed by atoms with E-state index in [2.05, 4.69) is 9.97 Å². The third-order valence-electron chi connectivity index (χ3n) is 4.72. The molecule has 1 aliphatic rings. The summed E-state index contributed by atoms with van der Waals surface area (Å²) in [5, 5.41) is 0.549. The summed E-state index contributed by atoms with van der Waals surface area (Å²) < 4.78 is 10.6. The molecule has 27 heavy (non-hydrogen) atoms. The minimum absolute atomic E-state index is 0.0566. The number of rotatable bonds is 5. The molecule has 1 fully saturated rings. The fraction of sp³-hybridized carbons (Fsp3) is 0.450. The van der Waals surface area contributed by atoms with Gasteiger partial charge in [-0.3, -0.25) is 9.69 Å². The number of likely N-dealkylation sites (N-methyl/N-ethyl adjacent to an activating group) is 1. The van der Waals surface area contributed by atoms with Crippen LogP contribution in [0.4, 0.5) is 0 Å². The van der Waals surface area contributed by atoms with Gasteiger partial charge < -0.3 is 9.47 Å². The second-order valence-corrected chi connectivity index (χ2v) is 7.46. The molecule has 0 bridgehead atoms. The lowest BCUT2D eigenvalue weighted by Crippen LogP contribution is -2.33. The Kier molecular flexibility index (Phi) is 5.97. The molecule has 0 spiro atoms. The van der Waals surface area contributed by atoms with Crippen molar-refractivity contribution in [2.75, 3.05) is 20.7 Å². The number of hydrogen-bond donors (Lipinski definition) is 0. The summed E-state index contributed by atoms with van der Waals surface area (Å²) in [4.78, 5) is 22.7. The van der Waals surface area contributed by atoms with Gasteiger partial charge in [0, 0.05) is 23.7 Å². The highest BCUT2D eigenvalue weighted by molar-refractivity contribution is 6.32. The van der Waals surface area contributed by atoms with Crippen molar-refractivity contribution in [3.05, 3.63) is 41.3 Å². The quantitative estimate of drug-likeness (QED) is 0.729. The fourth-order valence-corrected chi connectivity index (χ4v) is 3.61. The van der Waals surface area contributed by atoms with Crippen molar-refractivity contribution in [1.82, 2.24) is 14.9 Å². The summed E-state index contributed by atoms with van der Waals surface area (Å²) in [5.41, 5.74) is 2.61. The summed E-state index contributed by atoms with van der Waals surface area (Å²) >= 11 is 6.35. The molecule has 0 amide bonds. The Balaban J connectivity index is 1.82. The molecule has 2 atom stereocenters. The Morgan fingerprint density at radius 3 is 2.74 bits per heavy atom. The minimum atomic E-state index is -0.236. The van der Waals surface area contributed by atoms with E-state index in [1.165, 1.54) is 7.11 Å². The van der Waals surface area contributed by atoms with Gasteiger partial charge in [-0.1, -0.05) is 11.6 Å². The lowest BCUT2D eigenvalue weighted by atomic mass is 10.00. The first-order chi connectivity index (χ1) is 12.9. The molecular weight excluding hydrogens is 366 g/mol. The standard InChI is InChI=1S/C20H24ClN3O3/c1-12(2)27-19-6-5-13(7-15(19)21)16-9-17(23-11-22-16)14-8-18(20(25)26-4)24(3)10-14/h5-7,9,11-12,14,18H,8,10H2,1-4H3. The molecule has 0 N–H and O–H groups in total. The highest BCUT2D eigenvalue weighted by atomic mass is 35.5. The van der Waals surface area contributed by atoms with E-state index in [-0.39, 0.29) is 24.0 Å². The van der Waals surface area contributed by atoms with E-state index in [0.717, 1.165) is 23.5 Å². The van der Waals surface area contributed by atoms with E-state index in [1.54, 1.807) is 6.33 Å². The molecule has 1 aliphatic heterocycles. The SMILES string of the molecule is COC(=O)C1CC(c2cc(-c3ccc(OC(C)C)c(Cl)c3)ncn2)CN1C. The van der Waals surface area contributed by atoms with Crippen LogP contribution in [0.15, 0.2) is 30.6 Å². The number of esters is 1. The van der Waals surface area contributed by atoms with Crippen LogP contribution in [0.1, 0.15) is 31.9 Å². The zero-order chi connectivity index (χ0) is 19.6. The first kappa shape index (κ1) is 19.6.